The minimum Gasteiger partial charge on any atom is -0.353 e. The van der Waals surface area contributed by atoms with Gasteiger partial charge in [0.2, 0.25) is 5.91 Å². The summed E-state index contributed by atoms with van der Waals surface area (Å²) in [5.41, 5.74) is 5.88. The Labute approximate surface area is 245 Å². The maximum atomic E-state index is 14.2. The third kappa shape index (κ3) is 4.15. The lowest BCUT2D eigenvalue weighted by atomic mass is 9.92. The molecule has 2 aromatic heterocycles. The van der Waals surface area contributed by atoms with Gasteiger partial charge in [-0.3, -0.25) is 9.59 Å². The zero-order valence-electron chi connectivity index (χ0n) is 23.9. The van der Waals surface area contributed by atoms with Gasteiger partial charge in [-0.15, -0.1) is 0 Å². The van der Waals surface area contributed by atoms with E-state index in [1.807, 2.05) is 89.5 Å². The van der Waals surface area contributed by atoms with Gasteiger partial charge < -0.3 is 19.3 Å². The van der Waals surface area contributed by atoms with Crippen molar-refractivity contribution in [2.45, 2.75) is 19.0 Å². The topological polar surface area (TPSA) is 61.7 Å². The number of carbonyl (C=O) groups is 2. The molecule has 7 rings (SSSR count). The van der Waals surface area contributed by atoms with Gasteiger partial charge in [0.05, 0.1) is 11.7 Å². The van der Waals surface area contributed by atoms with Crippen molar-refractivity contribution < 1.29 is 9.59 Å². The highest BCUT2D eigenvalue weighted by molar-refractivity contribution is 6.04. The number of rotatable bonds is 5. The van der Waals surface area contributed by atoms with E-state index in [0.717, 1.165) is 39.1 Å². The first-order valence-electron chi connectivity index (χ1n) is 14.5. The van der Waals surface area contributed by atoms with E-state index < -0.39 is 12.1 Å². The number of aryl methyl sites for hydroxylation is 1. The highest BCUT2D eigenvalue weighted by atomic mass is 16.2. The van der Waals surface area contributed by atoms with Crippen LogP contribution in [0.5, 0.6) is 0 Å². The molecular formula is C35H33N5O2. The average Bonchev–Trinajstić information content (AvgIpc) is 3.51. The smallest absolute Gasteiger partial charge is 0.255 e. The van der Waals surface area contributed by atoms with E-state index in [4.69, 9.17) is 0 Å². The molecule has 0 radical (unpaired) electrons. The number of carbonyl (C=O) groups excluding carboxylic acids is 2. The predicted octanol–water partition coefficient (Wildman–Crippen LogP) is 5.52. The number of hydrogen-bond acceptors (Lipinski definition) is 4. The maximum Gasteiger partial charge on any atom is 0.255 e. The zero-order chi connectivity index (χ0) is 28.8. The quantitative estimate of drug-likeness (QED) is 0.287. The van der Waals surface area contributed by atoms with Crippen molar-refractivity contribution in [3.8, 4) is 11.3 Å². The number of benzene rings is 3. The van der Waals surface area contributed by atoms with Crippen LogP contribution in [0.2, 0.25) is 0 Å². The Morgan fingerprint density at radius 2 is 1.52 bits per heavy atom. The predicted molar refractivity (Wildman–Crippen MR) is 165 cm³/mol. The summed E-state index contributed by atoms with van der Waals surface area (Å²) in [4.78, 5) is 38.7. The Bertz CT molecular complexity index is 1770. The number of pyridine rings is 1. The lowest BCUT2D eigenvalue weighted by Crippen LogP contribution is -2.55. The van der Waals surface area contributed by atoms with Crippen LogP contribution in [0.25, 0.3) is 22.2 Å². The van der Waals surface area contributed by atoms with Crippen LogP contribution in [-0.4, -0.2) is 63.4 Å². The molecule has 1 fully saturated rings. The van der Waals surface area contributed by atoms with Gasteiger partial charge in [0.25, 0.3) is 5.91 Å². The normalized spacial score (nSPS) is 17.5. The summed E-state index contributed by atoms with van der Waals surface area (Å²) in [5.74, 6) is 0.797. The SMILES string of the molecule is CC(C(=O)N1CCN(c2ccccn2)CC1)N1C(=O)c2ccccc2C1c1c(-c2ccccc2)n(C)c2ccccc12. The summed E-state index contributed by atoms with van der Waals surface area (Å²) in [7, 11) is 2.08. The zero-order valence-corrected chi connectivity index (χ0v) is 23.9. The van der Waals surface area contributed by atoms with Crippen LogP contribution in [-0.2, 0) is 11.8 Å². The van der Waals surface area contributed by atoms with Gasteiger partial charge in [-0.05, 0) is 42.3 Å². The molecule has 0 bridgehead atoms. The molecule has 2 aliphatic heterocycles. The van der Waals surface area contributed by atoms with Crippen LogP contribution in [0.1, 0.15) is 34.5 Å². The van der Waals surface area contributed by atoms with Crippen molar-refractivity contribution in [2.75, 3.05) is 31.1 Å². The minimum atomic E-state index is -0.640. The minimum absolute atomic E-state index is 0.0247. The molecule has 5 aromatic rings. The van der Waals surface area contributed by atoms with Crippen molar-refractivity contribution in [3.63, 3.8) is 0 Å². The van der Waals surface area contributed by atoms with Crippen molar-refractivity contribution in [2.24, 2.45) is 7.05 Å². The molecule has 2 atom stereocenters. The third-order valence-corrected chi connectivity index (χ3v) is 8.80. The first-order chi connectivity index (χ1) is 20.5. The van der Waals surface area contributed by atoms with E-state index in [1.54, 1.807) is 6.20 Å². The molecule has 7 nitrogen and oxygen atoms in total. The van der Waals surface area contributed by atoms with E-state index in [9.17, 15) is 9.59 Å². The van der Waals surface area contributed by atoms with Crippen molar-refractivity contribution in [3.05, 3.63) is 120 Å². The van der Waals surface area contributed by atoms with Crippen LogP contribution < -0.4 is 4.90 Å². The van der Waals surface area contributed by atoms with Crippen molar-refractivity contribution in [1.82, 2.24) is 19.4 Å². The Morgan fingerprint density at radius 3 is 2.29 bits per heavy atom. The largest absolute Gasteiger partial charge is 0.353 e. The molecule has 2 unspecified atom stereocenters. The van der Waals surface area contributed by atoms with Gasteiger partial charge in [0, 0.05) is 61.5 Å². The number of anilines is 1. The summed E-state index contributed by atoms with van der Waals surface area (Å²) in [5, 5.41) is 1.09. The Balaban J connectivity index is 1.29. The number of fused-ring (bicyclic) bond motifs is 2. The summed E-state index contributed by atoms with van der Waals surface area (Å²) in [6.07, 6.45) is 1.79. The molecule has 42 heavy (non-hydrogen) atoms. The number of piperazine rings is 1. The molecular weight excluding hydrogens is 522 g/mol. The van der Waals surface area contributed by atoms with Gasteiger partial charge in [-0.25, -0.2) is 4.98 Å². The molecule has 2 amide bonds. The molecule has 0 saturated carbocycles. The fraction of sp³-hybridized carbons (Fsp3) is 0.229. The molecule has 4 heterocycles. The molecule has 0 spiro atoms. The molecule has 210 valence electrons. The summed E-state index contributed by atoms with van der Waals surface area (Å²) in [6.45, 7) is 4.46. The molecule has 2 aliphatic rings. The number of nitrogens with zero attached hydrogens (tertiary/aromatic N) is 5. The second-order valence-corrected chi connectivity index (χ2v) is 11.1. The van der Waals surface area contributed by atoms with Crippen LogP contribution in [0.15, 0.2) is 103 Å². The van der Waals surface area contributed by atoms with E-state index in [1.165, 1.54) is 0 Å². The van der Waals surface area contributed by atoms with Crippen LogP contribution >= 0.6 is 0 Å². The summed E-state index contributed by atoms with van der Waals surface area (Å²) >= 11 is 0. The highest BCUT2D eigenvalue weighted by Gasteiger charge is 2.45. The Morgan fingerprint density at radius 1 is 0.833 bits per heavy atom. The summed E-state index contributed by atoms with van der Waals surface area (Å²) in [6, 6.07) is 31.3. The van der Waals surface area contributed by atoms with Crippen LogP contribution in [0, 0.1) is 0 Å². The first kappa shape index (κ1) is 26.0. The fourth-order valence-electron chi connectivity index (χ4n) is 6.75. The maximum absolute atomic E-state index is 14.2. The van der Waals surface area contributed by atoms with Gasteiger partial charge in [-0.1, -0.05) is 72.8 Å². The van der Waals surface area contributed by atoms with E-state index in [-0.39, 0.29) is 11.8 Å². The first-order valence-corrected chi connectivity index (χ1v) is 14.5. The van der Waals surface area contributed by atoms with Crippen molar-refractivity contribution >= 4 is 28.5 Å². The van der Waals surface area contributed by atoms with Crippen molar-refractivity contribution in [1.29, 1.82) is 0 Å². The van der Waals surface area contributed by atoms with Crippen LogP contribution in [0.3, 0.4) is 0 Å². The fourth-order valence-corrected chi connectivity index (χ4v) is 6.75. The lowest BCUT2D eigenvalue weighted by Gasteiger charge is -2.39. The average molecular weight is 556 g/mol. The molecule has 0 N–H and O–H groups in total. The molecule has 0 aliphatic carbocycles. The Hall–Kier alpha value is -4.91. The lowest BCUT2D eigenvalue weighted by molar-refractivity contribution is -0.136. The molecule has 1 saturated heterocycles. The van der Waals surface area contributed by atoms with Gasteiger partial charge in [0.1, 0.15) is 11.9 Å². The Kier molecular flexibility index (Phi) is 6.50. The summed E-state index contributed by atoms with van der Waals surface area (Å²) < 4.78 is 2.22. The van der Waals surface area contributed by atoms with Gasteiger partial charge >= 0.3 is 0 Å². The number of hydrogen-bond donors (Lipinski definition) is 0. The highest BCUT2D eigenvalue weighted by Crippen LogP contribution is 2.47. The standard InChI is InChI=1S/C35H33N5O2/c1-24(34(41)39-22-20-38(21-23-39)30-18-10-11-19-36-30)40-33(26-14-6-7-15-27(26)35(40)42)31-28-16-8-9-17-29(28)37(2)32(31)25-12-4-3-5-13-25/h3-19,24,33H,20-23H2,1-2H3. The monoisotopic (exact) mass is 555 g/mol. The second-order valence-electron chi connectivity index (χ2n) is 11.1. The second kappa shape index (κ2) is 10.5. The number of aromatic nitrogens is 2. The number of para-hydroxylation sites is 1. The third-order valence-electron chi connectivity index (χ3n) is 8.80. The van der Waals surface area contributed by atoms with Gasteiger partial charge in [0.15, 0.2) is 0 Å². The molecule has 3 aromatic carbocycles. The van der Waals surface area contributed by atoms with E-state index >= 15 is 0 Å². The number of amides is 2. The molecule has 7 heteroatoms. The van der Waals surface area contributed by atoms with E-state index in [2.05, 4.69) is 45.8 Å². The van der Waals surface area contributed by atoms with E-state index in [0.29, 0.717) is 31.7 Å². The van der Waals surface area contributed by atoms with Crippen LogP contribution in [0.4, 0.5) is 5.82 Å². The van der Waals surface area contributed by atoms with Gasteiger partial charge in [-0.2, -0.15) is 0 Å².